The molecule has 6 nitrogen and oxygen atoms in total. The van der Waals surface area contributed by atoms with Crippen molar-refractivity contribution in [3.05, 3.63) is 47.5 Å². The number of hydrogen-bond acceptors (Lipinski definition) is 4. The molecular weight excluding hydrogens is 340 g/mol. The Bertz CT molecular complexity index is 778. The molecule has 6 heteroatoms. The first kappa shape index (κ1) is 18.2. The Balaban J connectivity index is 1.36. The summed E-state index contributed by atoms with van der Waals surface area (Å²) in [6.07, 6.45) is 9.69. The van der Waals surface area contributed by atoms with Crippen LogP contribution in [-0.2, 0) is 23.1 Å². The quantitative estimate of drug-likeness (QED) is 0.830. The van der Waals surface area contributed by atoms with Gasteiger partial charge in [0.2, 0.25) is 5.91 Å². The standard InChI is InChI=1S/C21H28N4O2/c1-15-3-6-18(14-22-15)20-10-12-27-25(20)21(26)17-7-4-16(5-8-17)13-19-9-11-23-24(19)2/h3,6,9,11,14,16-17,20H,4-5,7-8,10,12-13H2,1-2H3/t16-,17-,20-/m0/s1. The van der Waals surface area contributed by atoms with Crippen molar-refractivity contribution >= 4 is 5.91 Å². The van der Waals surface area contributed by atoms with Gasteiger partial charge in [0.25, 0.3) is 0 Å². The minimum Gasteiger partial charge on any atom is -0.273 e. The number of nitrogens with zero attached hydrogens (tertiary/aromatic N) is 4. The van der Waals surface area contributed by atoms with Crippen LogP contribution in [0.2, 0.25) is 0 Å². The molecule has 144 valence electrons. The van der Waals surface area contributed by atoms with Gasteiger partial charge >= 0.3 is 0 Å². The fraction of sp³-hybridized carbons (Fsp3) is 0.571. The van der Waals surface area contributed by atoms with Gasteiger partial charge in [-0.2, -0.15) is 5.10 Å². The number of amides is 1. The first-order valence-electron chi connectivity index (χ1n) is 9.97. The van der Waals surface area contributed by atoms with E-state index in [0.29, 0.717) is 12.5 Å². The zero-order valence-electron chi connectivity index (χ0n) is 16.2. The molecule has 4 rings (SSSR count). The molecule has 0 aromatic carbocycles. The number of hydrogen-bond donors (Lipinski definition) is 0. The average molecular weight is 368 g/mol. The molecule has 0 N–H and O–H groups in total. The fourth-order valence-electron chi connectivity index (χ4n) is 4.36. The summed E-state index contributed by atoms with van der Waals surface area (Å²) < 4.78 is 1.95. The molecule has 1 saturated heterocycles. The number of carbonyl (C=O) groups excluding carboxylic acids is 1. The van der Waals surface area contributed by atoms with E-state index in [1.165, 1.54) is 5.69 Å². The largest absolute Gasteiger partial charge is 0.273 e. The van der Waals surface area contributed by atoms with E-state index in [0.717, 1.165) is 49.8 Å². The summed E-state index contributed by atoms with van der Waals surface area (Å²) in [6.45, 7) is 2.57. The maximum Gasteiger partial charge on any atom is 0.249 e. The number of aryl methyl sites for hydroxylation is 2. The fourth-order valence-corrected chi connectivity index (χ4v) is 4.36. The molecule has 2 aliphatic rings. The normalized spacial score (nSPS) is 25.7. The van der Waals surface area contributed by atoms with Crippen LogP contribution in [0.4, 0.5) is 0 Å². The molecule has 2 aromatic heterocycles. The topological polar surface area (TPSA) is 60.2 Å². The minimum absolute atomic E-state index is 0.00207. The second-order valence-corrected chi connectivity index (χ2v) is 7.90. The van der Waals surface area contributed by atoms with Crippen LogP contribution >= 0.6 is 0 Å². The lowest BCUT2D eigenvalue weighted by molar-refractivity contribution is -0.183. The van der Waals surface area contributed by atoms with Gasteiger partial charge in [-0.05, 0) is 62.6 Å². The maximum absolute atomic E-state index is 13.1. The molecule has 1 saturated carbocycles. The molecule has 0 spiro atoms. The molecule has 2 fully saturated rings. The van der Waals surface area contributed by atoms with Crippen LogP contribution in [0.15, 0.2) is 30.6 Å². The summed E-state index contributed by atoms with van der Waals surface area (Å²) in [4.78, 5) is 23.2. The van der Waals surface area contributed by atoms with Crippen molar-refractivity contribution in [2.24, 2.45) is 18.9 Å². The number of aromatic nitrogens is 3. The van der Waals surface area contributed by atoms with Crippen molar-refractivity contribution in [3.8, 4) is 0 Å². The van der Waals surface area contributed by atoms with Crippen LogP contribution in [0.1, 0.15) is 55.1 Å². The first-order valence-corrected chi connectivity index (χ1v) is 9.97. The Hall–Kier alpha value is -2.21. The summed E-state index contributed by atoms with van der Waals surface area (Å²) in [7, 11) is 2.00. The van der Waals surface area contributed by atoms with Crippen molar-refractivity contribution in [2.75, 3.05) is 6.61 Å². The van der Waals surface area contributed by atoms with E-state index >= 15 is 0 Å². The minimum atomic E-state index is -0.00207. The highest BCUT2D eigenvalue weighted by atomic mass is 16.7. The van der Waals surface area contributed by atoms with E-state index in [1.807, 2.05) is 37.1 Å². The van der Waals surface area contributed by atoms with Gasteiger partial charge in [0, 0.05) is 43.2 Å². The molecule has 27 heavy (non-hydrogen) atoms. The van der Waals surface area contributed by atoms with Gasteiger partial charge in [-0.25, -0.2) is 5.06 Å². The van der Waals surface area contributed by atoms with Crippen LogP contribution in [-0.4, -0.2) is 32.3 Å². The van der Waals surface area contributed by atoms with E-state index in [1.54, 1.807) is 5.06 Å². The Morgan fingerprint density at radius 2 is 2.00 bits per heavy atom. The third-order valence-corrected chi connectivity index (χ3v) is 6.06. The van der Waals surface area contributed by atoms with Gasteiger partial charge in [0.05, 0.1) is 12.6 Å². The Labute approximate surface area is 160 Å². The van der Waals surface area contributed by atoms with E-state index in [4.69, 9.17) is 4.84 Å². The Kier molecular flexibility index (Phi) is 5.25. The van der Waals surface area contributed by atoms with Gasteiger partial charge < -0.3 is 0 Å². The van der Waals surface area contributed by atoms with Crippen LogP contribution < -0.4 is 0 Å². The number of hydroxylamine groups is 2. The molecule has 3 heterocycles. The molecular formula is C21H28N4O2. The first-order chi connectivity index (χ1) is 13.1. The maximum atomic E-state index is 13.1. The SMILES string of the molecule is Cc1ccc([C@@H]2CCON2C(=O)[C@H]2CC[C@H](Cc3ccnn3C)CC2)cn1. The monoisotopic (exact) mass is 368 g/mol. The highest BCUT2D eigenvalue weighted by Gasteiger charge is 2.37. The molecule has 1 amide bonds. The Morgan fingerprint density at radius 1 is 1.19 bits per heavy atom. The van der Waals surface area contributed by atoms with E-state index in [2.05, 4.69) is 22.2 Å². The molecule has 1 aliphatic carbocycles. The van der Waals surface area contributed by atoms with Gasteiger partial charge in [0.1, 0.15) is 0 Å². The smallest absolute Gasteiger partial charge is 0.249 e. The highest BCUT2D eigenvalue weighted by molar-refractivity contribution is 5.78. The summed E-state index contributed by atoms with van der Waals surface area (Å²) in [5, 5.41) is 5.89. The lowest BCUT2D eigenvalue weighted by Gasteiger charge is -2.32. The molecule has 1 atom stereocenters. The second kappa shape index (κ2) is 7.80. The van der Waals surface area contributed by atoms with Crippen molar-refractivity contribution in [2.45, 2.75) is 51.5 Å². The van der Waals surface area contributed by atoms with Crippen molar-refractivity contribution < 1.29 is 9.63 Å². The average Bonchev–Trinajstić information content (AvgIpc) is 3.32. The van der Waals surface area contributed by atoms with Crippen LogP contribution in [0.5, 0.6) is 0 Å². The van der Waals surface area contributed by atoms with Gasteiger partial charge in [0.15, 0.2) is 0 Å². The van der Waals surface area contributed by atoms with Gasteiger partial charge in [-0.1, -0.05) is 6.07 Å². The molecule has 1 aliphatic heterocycles. The van der Waals surface area contributed by atoms with E-state index in [9.17, 15) is 4.79 Å². The molecule has 0 unspecified atom stereocenters. The summed E-state index contributed by atoms with van der Waals surface area (Å²) >= 11 is 0. The Morgan fingerprint density at radius 3 is 2.67 bits per heavy atom. The number of pyridine rings is 1. The number of carbonyl (C=O) groups is 1. The number of rotatable bonds is 4. The van der Waals surface area contributed by atoms with Crippen LogP contribution in [0.3, 0.4) is 0 Å². The second-order valence-electron chi connectivity index (χ2n) is 7.90. The molecule has 0 bridgehead atoms. The van der Waals surface area contributed by atoms with Gasteiger partial charge in [-0.3, -0.25) is 19.3 Å². The molecule has 2 aromatic rings. The van der Waals surface area contributed by atoms with Gasteiger partial charge in [-0.15, -0.1) is 0 Å². The summed E-state index contributed by atoms with van der Waals surface area (Å²) in [5.74, 6) is 0.866. The van der Waals surface area contributed by atoms with Crippen molar-refractivity contribution in [1.29, 1.82) is 0 Å². The van der Waals surface area contributed by atoms with E-state index < -0.39 is 0 Å². The lowest BCUT2D eigenvalue weighted by atomic mass is 9.79. The highest BCUT2D eigenvalue weighted by Crippen LogP contribution is 2.36. The summed E-state index contributed by atoms with van der Waals surface area (Å²) in [6, 6.07) is 6.15. The summed E-state index contributed by atoms with van der Waals surface area (Å²) in [5.41, 5.74) is 3.33. The molecule has 0 radical (unpaired) electrons. The van der Waals surface area contributed by atoms with Crippen LogP contribution in [0, 0.1) is 18.8 Å². The predicted molar refractivity (Wildman–Crippen MR) is 101 cm³/mol. The predicted octanol–water partition coefficient (Wildman–Crippen LogP) is 3.38. The van der Waals surface area contributed by atoms with Crippen LogP contribution in [0.25, 0.3) is 0 Å². The zero-order valence-corrected chi connectivity index (χ0v) is 16.2. The van der Waals surface area contributed by atoms with Crippen molar-refractivity contribution in [1.82, 2.24) is 19.8 Å². The third-order valence-electron chi connectivity index (χ3n) is 6.06. The lowest BCUT2D eigenvalue weighted by Crippen LogP contribution is -2.36. The third kappa shape index (κ3) is 3.90. The van der Waals surface area contributed by atoms with Crippen molar-refractivity contribution in [3.63, 3.8) is 0 Å². The van der Waals surface area contributed by atoms with E-state index in [-0.39, 0.29) is 17.9 Å². The zero-order chi connectivity index (χ0) is 18.8.